The molecule has 0 saturated heterocycles. The highest BCUT2D eigenvalue weighted by atomic mass is 16.5. The summed E-state index contributed by atoms with van der Waals surface area (Å²) in [4.78, 5) is 4.00. The lowest BCUT2D eigenvalue weighted by molar-refractivity contribution is 0.397. The third-order valence-corrected chi connectivity index (χ3v) is 1.80. The second kappa shape index (κ2) is 3.37. The van der Waals surface area contributed by atoms with Crippen LogP contribution >= 0.6 is 0 Å². The van der Waals surface area contributed by atoms with Gasteiger partial charge < -0.3 is 10.5 Å². The standard InChI is InChI=1S/C9H10N4O/c1-14-9-6-7(2-4-11-9)13-5-3-8(10)12-13/h2-6H,1H3,(H2,10,12). The maximum atomic E-state index is 5.51. The molecule has 2 aromatic rings. The molecule has 0 unspecified atom stereocenters. The Balaban J connectivity index is 2.41. The van der Waals surface area contributed by atoms with Crippen molar-refractivity contribution in [3.63, 3.8) is 0 Å². The number of anilines is 1. The van der Waals surface area contributed by atoms with Crippen molar-refractivity contribution in [2.45, 2.75) is 0 Å². The Bertz CT molecular complexity index is 438. The number of nitrogens with zero attached hydrogens (tertiary/aromatic N) is 3. The average molecular weight is 190 g/mol. The van der Waals surface area contributed by atoms with E-state index >= 15 is 0 Å². The molecule has 5 heteroatoms. The van der Waals surface area contributed by atoms with Crippen molar-refractivity contribution in [1.82, 2.24) is 14.8 Å². The van der Waals surface area contributed by atoms with Gasteiger partial charge in [0.25, 0.3) is 0 Å². The first-order valence-corrected chi connectivity index (χ1v) is 4.11. The van der Waals surface area contributed by atoms with Crippen molar-refractivity contribution in [3.8, 4) is 11.6 Å². The summed E-state index contributed by atoms with van der Waals surface area (Å²) in [5.74, 6) is 1.04. The van der Waals surface area contributed by atoms with Crippen LogP contribution in [-0.4, -0.2) is 21.9 Å². The number of nitrogen functional groups attached to an aromatic ring is 1. The zero-order valence-electron chi connectivity index (χ0n) is 7.71. The van der Waals surface area contributed by atoms with Crippen molar-refractivity contribution >= 4 is 5.82 Å². The number of methoxy groups -OCH3 is 1. The van der Waals surface area contributed by atoms with E-state index in [4.69, 9.17) is 10.5 Å². The molecule has 0 aliphatic rings. The molecule has 5 nitrogen and oxygen atoms in total. The van der Waals surface area contributed by atoms with Crippen molar-refractivity contribution in [3.05, 3.63) is 30.6 Å². The number of pyridine rings is 1. The number of hydrogen-bond acceptors (Lipinski definition) is 4. The summed E-state index contributed by atoms with van der Waals surface area (Å²) in [6.45, 7) is 0. The third-order valence-electron chi connectivity index (χ3n) is 1.80. The van der Waals surface area contributed by atoms with Crippen LogP contribution in [0.25, 0.3) is 5.69 Å². The number of nitrogens with two attached hydrogens (primary N) is 1. The van der Waals surface area contributed by atoms with Gasteiger partial charge in [0.15, 0.2) is 0 Å². The Morgan fingerprint density at radius 1 is 1.43 bits per heavy atom. The monoisotopic (exact) mass is 190 g/mol. The van der Waals surface area contributed by atoms with E-state index in [1.165, 1.54) is 0 Å². The first-order valence-electron chi connectivity index (χ1n) is 4.11. The van der Waals surface area contributed by atoms with E-state index in [9.17, 15) is 0 Å². The minimum atomic E-state index is 0.487. The Morgan fingerprint density at radius 2 is 2.29 bits per heavy atom. The summed E-state index contributed by atoms with van der Waals surface area (Å²) in [5.41, 5.74) is 6.38. The Kier molecular flexibility index (Phi) is 2.06. The number of aromatic nitrogens is 3. The van der Waals surface area contributed by atoms with Gasteiger partial charge in [0.05, 0.1) is 12.8 Å². The zero-order chi connectivity index (χ0) is 9.97. The molecule has 14 heavy (non-hydrogen) atoms. The highest BCUT2D eigenvalue weighted by Crippen LogP contribution is 2.13. The summed E-state index contributed by atoms with van der Waals surface area (Å²) in [5, 5.41) is 4.07. The van der Waals surface area contributed by atoms with Crippen LogP contribution in [0.2, 0.25) is 0 Å². The van der Waals surface area contributed by atoms with Gasteiger partial charge in [-0.1, -0.05) is 0 Å². The molecule has 0 amide bonds. The highest BCUT2D eigenvalue weighted by Gasteiger charge is 2.00. The highest BCUT2D eigenvalue weighted by molar-refractivity contribution is 5.36. The molecule has 2 aromatic heterocycles. The van der Waals surface area contributed by atoms with Crippen LogP contribution in [0, 0.1) is 0 Å². The first-order chi connectivity index (χ1) is 6.79. The van der Waals surface area contributed by atoms with Crippen molar-refractivity contribution in [1.29, 1.82) is 0 Å². The van der Waals surface area contributed by atoms with Gasteiger partial charge in [0, 0.05) is 24.5 Å². The molecule has 2 heterocycles. The van der Waals surface area contributed by atoms with Crippen LogP contribution in [0.3, 0.4) is 0 Å². The van der Waals surface area contributed by atoms with Gasteiger partial charge in [-0.25, -0.2) is 9.67 Å². The third kappa shape index (κ3) is 1.52. The lowest BCUT2D eigenvalue weighted by atomic mass is 10.4. The molecular weight excluding hydrogens is 180 g/mol. The summed E-state index contributed by atoms with van der Waals surface area (Å²) in [6.07, 6.45) is 3.44. The van der Waals surface area contributed by atoms with Gasteiger partial charge >= 0.3 is 0 Å². The molecule has 0 atom stereocenters. The fourth-order valence-electron chi connectivity index (χ4n) is 1.13. The molecule has 0 saturated carbocycles. The molecular formula is C9H10N4O. The Morgan fingerprint density at radius 3 is 2.93 bits per heavy atom. The van der Waals surface area contributed by atoms with Crippen molar-refractivity contribution in [2.24, 2.45) is 0 Å². The maximum absolute atomic E-state index is 5.51. The molecule has 0 aromatic carbocycles. The number of hydrogen-bond donors (Lipinski definition) is 1. The van der Waals surface area contributed by atoms with Gasteiger partial charge in [-0.05, 0) is 6.07 Å². The predicted octanol–water partition coefficient (Wildman–Crippen LogP) is 0.858. The average Bonchev–Trinajstić information content (AvgIpc) is 2.65. The number of ether oxygens (including phenoxy) is 1. The fourth-order valence-corrected chi connectivity index (χ4v) is 1.13. The first kappa shape index (κ1) is 8.55. The molecule has 2 rings (SSSR count). The van der Waals surface area contributed by atoms with E-state index in [0.717, 1.165) is 5.69 Å². The van der Waals surface area contributed by atoms with Crippen LogP contribution in [0.4, 0.5) is 5.82 Å². The van der Waals surface area contributed by atoms with E-state index in [-0.39, 0.29) is 0 Å². The van der Waals surface area contributed by atoms with E-state index in [0.29, 0.717) is 11.7 Å². The maximum Gasteiger partial charge on any atom is 0.215 e. The Hall–Kier alpha value is -2.04. The molecule has 0 bridgehead atoms. The second-order valence-corrected chi connectivity index (χ2v) is 2.74. The molecule has 0 aliphatic carbocycles. The minimum absolute atomic E-state index is 0.487. The van der Waals surface area contributed by atoms with Gasteiger partial charge in [-0.3, -0.25) is 0 Å². The van der Waals surface area contributed by atoms with Gasteiger partial charge in [-0.15, -0.1) is 0 Å². The molecule has 0 spiro atoms. The Labute approximate surface area is 81.1 Å². The second-order valence-electron chi connectivity index (χ2n) is 2.74. The van der Waals surface area contributed by atoms with E-state index < -0.39 is 0 Å². The summed E-state index contributed by atoms with van der Waals surface area (Å²) >= 11 is 0. The fraction of sp³-hybridized carbons (Fsp3) is 0.111. The summed E-state index contributed by atoms with van der Waals surface area (Å²) in [7, 11) is 1.57. The molecule has 0 fully saturated rings. The minimum Gasteiger partial charge on any atom is -0.481 e. The van der Waals surface area contributed by atoms with Crippen LogP contribution in [-0.2, 0) is 0 Å². The lowest BCUT2D eigenvalue weighted by Gasteiger charge is -2.02. The molecule has 72 valence electrons. The smallest absolute Gasteiger partial charge is 0.215 e. The lowest BCUT2D eigenvalue weighted by Crippen LogP contribution is -1.97. The van der Waals surface area contributed by atoms with Crippen LogP contribution in [0.15, 0.2) is 30.6 Å². The largest absolute Gasteiger partial charge is 0.481 e. The van der Waals surface area contributed by atoms with Crippen molar-refractivity contribution in [2.75, 3.05) is 12.8 Å². The quantitative estimate of drug-likeness (QED) is 0.762. The van der Waals surface area contributed by atoms with Gasteiger partial charge in [0.2, 0.25) is 5.88 Å². The summed E-state index contributed by atoms with van der Waals surface area (Å²) < 4.78 is 6.67. The molecule has 0 radical (unpaired) electrons. The number of rotatable bonds is 2. The van der Waals surface area contributed by atoms with Crippen molar-refractivity contribution < 1.29 is 4.74 Å². The SMILES string of the molecule is COc1cc(-n2ccc(N)n2)ccn1. The summed E-state index contributed by atoms with van der Waals surface area (Å²) in [6, 6.07) is 5.34. The normalized spacial score (nSPS) is 10.1. The topological polar surface area (TPSA) is 66.0 Å². The molecule has 0 aliphatic heterocycles. The molecule has 2 N–H and O–H groups in total. The van der Waals surface area contributed by atoms with E-state index in [2.05, 4.69) is 10.1 Å². The van der Waals surface area contributed by atoms with Crippen LogP contribution < -0.4 is 10.5 Å². The van der Waals surface area contributed by atoms with E-state index in [1.54, 1.807) is 36.3 Å². The van der Waals surface area contributed by atoms with Crippen LogP contribution in [0.1, 0.15) is 0 Å². The van der Waals surface area contributed by atoms with E-state index in [1.807, 2.05) is 6.07 Å². The van der Waals surface area contributed by atoms with Gasteiger partial charge in [0.1, 0.15) is 5.82 Å². The van der Waals surface area contributed by atoms with Crippen LogP contribution in [0.5, 0.6) is 5.88 Å². The zero-order valence-corrected chi connectivity index (χ0v) is 7.71. The predicted molar refractivity (Wildman–Crippen MR) is 52.3 cm³/mol. The van der Waals surface area contributed by atoms with Gasteiger partial charge in [-0.2, -0.15) is 5.10 Å².